The van der Waals surface area contributed by atoms with E-state index in [9.17, 15) is 65.1 Å². The van der Waals surface area contributed by atoms with Crippen molar-refractivity contribution in [3.05, 3.63) is 33.1 Å². The lowest BCUT2D eigenvalue weighted by molar-refractivity contribution is -0.347. The molecule has 4 rings (SSSR count). The number of hydrogen-bond acceptors (Lipinski definition) is 17. The van der Waals surface area contributed by atoms with Crippen LogP contribution in [0.1, 0.15) is 110 Å². The van der Waals surface area contributed by atoms with Crippen LogP contribution in [0.2, 0.25) is 0 Å². The number of aromatic amines is 1. The number of aliphatic hydroxyl groups excluding tert-OH is 9. The molecule has 21 nitrogen and oxygen atoms in total. The first-order valence-electron chi connectivity index (χ1n) is 21.5. The van der Waals surface area contributed by atoms with Gasteiger partial charge in [0.2, 0.25) is 11.8 Å². The first-order chi connectivity index (χ1) is 29.0. The molecule has 0 saturated carbocycles. The molecule has 0 aromatic carbocycles. The minimum atomic E-state index is -1.91. The number of aliphatic hydroxyl groups is 9. The molecule has 1 aromatic rings. The number of hydrogen-bond donors (Lipinski definition) is 12. The lowest BCUT2D eigenvalue weighted by Gasteiger charge is -2.47. The third kappa shape index (κ3) is 14.0. The van der Waals surface area contributed by atoms with E-state index in [0.29, 0.717) is 12.8 Å². The molecular formula is C40H68N4O17. The van der Waals surface area contributed by atoms with E-state index in [1.165, 1.54) is 32.1 Å². The first-order valence-corrected chi connectivity index (χ1v) is 21.5. The molecule has 0 spiro atoms. The van der Waals surface area contributed by atoms with E-state index >= 15 is 0 Å². The summed E-state index contributed by atoms with van der Waals surface area (Å²) in [6, 6.07) is -2.12. The smallest absolute Gasteiger partial charge is 0.330 e. The number of carbonyl (C=O) groups excluding carboxylic acids is 2. The Morgan fingerprint density at radius 1 is 0.787 bits per heavy atom. The Hall–Kier alpha value is -2.90. The number of aromatic nitrogens is 2. The van der Waals surface area contributed by atoms with E-state index in [4.69, 9.17) is 18.9 Å². The summed E-state index contributed by atoms with van der Waals surface area (Å²) in [5.74, 6) is -0.680. The van der Waals surface area contributed by atoms with E-state index in [2.05, 4.69) is 24.5 Å². The fraction of sp³-hybridized carbons (Fsp3) is 0.850. The average molecular weight is 877 g/mol. The van der Waals surface area contributed by atoms with Gasteiger partial charge in [0.1, 0.15) is 60.9 Å². The highest BCUT2D eigenvalue weighted by atomic mass is 16.8. The van der Waals surface area contributed by atoms with Crippen LogP contribution in [-0.2, 0) is 28.5 Å². The van der Waals surface area contributed by atoms with Crippen molar-refractivity contribution < 1.29 is 74.5 Å². The predicted molar refractivity (Wildman–Crippen MR) is 213 cm³/mol. The quantitative estimate of drug-likeness (QED) is 0.0506. The summed E-state index contributed by atoms with van der Waals surface area (Å²) in [6.45, 7) is 4.79. The molecule has 3 aliphatic rings. The van der Waals surface area contributed by atoms with Crippen LogP contribution in [0.15, 0.2) is 21.9 Å². The molecule has 0 radical (unpaired) electrons. The van der Waals surface area contributed by atoms with Crippen molar-refractivity contribution >= 4 is 11.8 Å². The second kappa shape index (κ2) is 24.2. The third-order valence-electron chi connectivity index (χ3n) is 11.9. The van der Waals surface area contributed by atoms with Crippen molar-refractivity contribution in [3.63, 3.8) is 0 Å². The molecule has 1 aromatic heterocycles. The van der Waals surface area contributed by atoms with Crippen LogP contribution >= 0.6 is 0 Å². The number of amides is 2. The van der Waals surface area contributed by atoms with E-state index in [1.54, 1.807) is 0 Å². The number of rotatable bonds is 23. The fourth-order valence-corrected chi connectivity index (χ4v) is 8.05. The van der Waals surface area contributed by atoms with Gasteiger partial charge in [0.05, 0.1) is 31.3 Å². The van der Waals surface area contributed by atoms with Crippen LogP contribution in [0.4, 0.5) is 0 Å². The number of carbonyl (C=O) groups is 2. The first kappa shape index (κ1) is 50.7. The van der Waals surface area contributed by atoms with Gasteiger partial charge in [-0.15, -0.1) is 0 Å². The maximum atomic E-state index is 13.3. The largest absolute Gasteiger partial charge is 0.394 e. The van der Waals surface area contributed by atoms with Gasteiger partial charge < -0.3 is 75.5 Å². The lowest BCUT2D eigenvalue weighted by Crippen LogP contribution is -2.69. The summed E-state index contributed by atoms with van der Waals surface area (Å²) in [5, 5.41) is 102. The number of ether oxygens (including phenoxy) is 4. The molecule has 3 fully saturated rings. The second-order valence-corrected chi connectivity index (χ2v) is 16.8. The molecule has 0 bridgehead atoms. The van der Waals surface area contributed by atoms with Crippen molar-refractivity contribution in [3.8, 4) is 0 Å². The zero-order chi connectivity index (χ0) is 45.0. The Morgan fingerprint density at radius 3 is 1.92 bits per heavy atom. The van der Waals surface area contributed by atoms with E-state index < -0.39 is 141 Å². The van der Waals surface area contributed by atoms with Gasteiger partial charge in [0.15, 0.2) is 18.8 Å². The van der Waals surface area contributed by atoms with Crippen molar-refractivity contribution in [2.24, 2.45) is 5.92 Å². The summed E-state index contributed by atoms with van der Waals surface area (Å²) in [7, 11) is 0. The molecule has 3 aliphatic heterocycles. The van der Waals surface area contributed by atoms with Gasteiger partial charge in [0.25, 0.3) is 5.56 Å². The maximum absolute atomic E-state index is 13.3. The highest BCUT2D eigenvalue weighted by molar-refractivity contribution is 5.77. The van der Waals surface area contributed by atoms with Gasteiger partial charge in [-0.05, 0) is 12.3 Å². The number of nitrogens with one attached hydrogen (secondary N) is 3. The summed E-state index contributed by atoms with van der Waals surface area (Å²) in [5.41, 5.74) is -1.70. The van der Waals surface area contributed by atoms with Crippen LogP contribution in [-0.4, -0.2) is 166 Å². The average Bonchev–Trinajstić information content (AvgIpc) is 3.50. The molecule has 4 heterocycles. The van der Waals surface area contributed by atoms with Crippen molar-refractivity contribution in [2.75, 3.05) is 6.61 Å². The minimum absolute atomic E-state index is 0.327. The summed E-state index contributed by atoms with van der Waals surface area (Å²) in [4.78, 5) is 51.3. The zero-order valence-electron chi connectivity index (χ0n) is 35.1. The molecule has 17 atom stereocenters. The predicted octanol–water partition coefficient (Wildman–Crippen LogP) is -2.50. The SMILES string of the molecule is CCC(C)CCCCCCCCCCC(O)CC(=O)N[C@H]1[C@@H](O[C@@H]2O[C@H](CO)[C@@H](O)[C@H](O)[C@H]2NC(C)=O)O[C@H](CC(O)C2OC(n3ccc(=O)[nH]c3=O)C(O)C2O)[C@H](O)[C@@H]1O. The van der Waals surface area contributed by atoms with Crippen LogP contribution < -0.4 is 21.9 Å². The zero-order valence-corrected chi connectivity index (χ0v) is 35.1. The van der Waals surface area contributed by atoms with Gasteiger partial charge in [-0.25, -0.2) is 4.79 Å². The Labute approximate surface area is 354 Å². The minimum Gasteiger partial charge on any atom is -0.394 e. The van der Waals surface area contributed by atoms with Gasteiger partial charge in [-0.1, -0.05) is 78.1 Å². The molecule has 21 heteroatoms. The van der Waals surface area contributed by atoms with E-state index in [-0.39, 0.29) is 0 Å². The molecule has 0 aliphatic carbocycles. The fourth-order valence-electron chi connectivity index (χ4n) is 8.05. The normalized spacial score (nSPS) is 34.4. The summed E-state index contributed by atoms with van der Waals surface area (Å²) in [6.07, 6.45) is -12.1. The molecule has 3 saturated heterocycles. The van der Waals surface area contributed by atoms with Crippen molar-refractivity contribution in [2.45, 2.75) is 202 Å². The highest BCUT2D eigenvalue weighted by Gasteiger charge is 2.53. The topological polar surface area (TPSA) is 332 Å². The Kier molecular flexibility index (Phi) is 20.2. The van der Waals surface area contributed by atoms with Gasteiger partial charge in [-0.3, -0.25) is 23.9 Å². The monoisotopic (exact) mass is 876 g/mol. The molecular weight excluding hydrogens is 808 g/mol. The van der Waals surface area contributed by atoms with Crippen LogP contribution in [0.25, 0.3) is 0 Å². The van der Waals surface area contributed by atoms with Crippen molar-refractivity contribution in [1.29, 1.82) is 0 Å². The summed E-state index contributed by atoms with van der Waals surface area (Å²) >= 11 is 0. The Balaban J connectivity index is 1.42. The number of H-pyrrole nitrogens is 1. The van der Waals surface area contributed by atoms with E-state index in [1.807, 2.05) is 4.98 Å². The molecule has 350 valence electrons. The summed E-state index contributed by atoms with van der Waals surface area (Å²) < 4.78 is 24.1. The van der Waals surface area contributed by atoms with E-state index in [0.717, 1.165) is 55.4 Å². The van der Waals surface area contributed by atoms with Crippen molar-refractivity contribution in [1.82, 2.24) is 20.2 Å². The third-order valence-corrected chi connectivity index (χ3v) is 11.9. The van der Waals surface area contributed by atoms with Gasteiger partial charge in [0, 0.05) is 25.6 Å². The standard InChI is InChI=1S/C40H68N4O17/c1-4-20(2)13-11-9-7-5-6-8-10-12-14-22(47)17-27(50)42-29-33(54)30(51)24(58-39(29)61-38-28(41-21(3)46)32(53)31(52)25(19-45)59-38)18-23(48)36-34(55)35(56)37(60-36)44-16-15-26(49)43-40(44)57/h15-16,20,22-25,28-39,45,47-48,51-56H,4-14,17-19H2,1-3H3,(H,41,46)(H,42,50)(H,43,49,57)/t20?,22?,23?,24-,25-,28-,29-,30+,31-,32-,33-,34?,35?,36?,37?,38+,39-/m1/s1. The second-order valence-electron chi connectivity index (χ2n) is 16.8. The van der Waals surface area contributed by atoms with Gasteiger partial charge in [-0.2, -0.15) is 0 Å². The lowest BCUT2D eigenvalue weighted by atomic mass is 9.91. The van der Waals surface area contributed by atoms with Crippen LogP contribution in [0.3, 0.4) is 0 Å². The number of unbranched alkanes of at least 4 members (excludes halogenated alkanes) is 7. The van der Waals surface area contributed by atoms with Crippen LogP contribution in [0, 0.1) is 5.92 Å². The number of nitrogens with zero attached hydrogens (tertiary/aromatic N) is 1. The van der Waals surface area contributed by atoms with Crippen LogP contribution in [0.5, 0.6) is 0 Å². The highest BCUT2D eigenvalue weighted by Crippen LogP contribution is 2.34. The van der Waals surface area contributed by atoms with Gasteiger partial charge >= 0.3 is 5.69 Å². The maximum Gasteiger partial charge on any atom is 0.330 e. The molecule has 61 heavy (non-hydrogen) atoms. The molecule has 2 amide bonds. The molecule has 7 unspecified atom stereocenters. The Bertz CT molecular complexity index is 1620. The Morgan fingerprint density at radius 2 is 1.34 bits per heavy atom. The molecule has 12 N–H and O–H groups in total.